The minimum atomic E-state index is -3.63. The summed E-state index contributed by atoms with van der Waals surface area (Å²) in [6.07, 6.45) is 2.20. The molecule has 1 heterocycles. The number of nitrogens with one attached hydrogen (secondary N) is 2. The van der Waals surface area contributed by atoms with E-state index in [1.54, 1.807) is 6.07 Å². The highest BCUT2D eigenvalue weighted by atomic mass is 35.5. The smallest absolute Gasteiger partial charge is 0.241 e. The van der Waals surface area contributed by atoms with Crippen molar-refractivity contribution in [2.75, 3.05) is 25.0 Å². The Morgan fingerprint density at radius 3 is 2.22 bits per heavy atom. The minimum absolute atomic E-state index is 0. The van der Waals surface area contributed by atoms with E-state index >= 15 is 0 Å². The first kappa shape index (κ1) is 26.4. The zero-order valence-corrected chi connectivity index (χ0v) is 20.6. The molecule has 0 saturated carbocycles. The number of rotatable bonds is 7. The third-order valence-corrected chi connectivity index (χ3v) is 7.33. The van der Waals surface area contributed by atoms with Gasteiger partial charge in [0.05, 0.1) is 4.90 Å². The Hall–Kier alpha value is -1.83. The second kappa shape index (κ2) is 11.9. The first-order chi connectivity index (χ1) is 14.6. The Balaban J connectivity index is 0.00000181. The maximum atomic E-state index is 13.1. The molecular formula is C24H31Cl2N3O2S. The van der Waals surface area contributed by atoms with Gasteiger partial charge in [-0.05, 0) is 37.1 Å². The van der Waals surface area contributed by atoms with E-state index in [0.717, 1.165) is 54.5 Å². The Kier molecular flexibility index (Phi) is 9.80. The van der Waals surface area contributed by atoms with Crippen LogP contribution in [0, 0.1) is 0 Å². The third-order valence-electron chi connectivity index (χ3n) is 5.88. The van der Waals surface area contributed by atoms with Gasteiger partial charge in [0.1, 0.15) is 0 Å². The predicted molar refractivity (Wildman–Crippen MR) is 138 cm³/mol. The Morgan fingerprint density at radius 2 is 1.53 bits per heavy atom. The number of nitrogens with zero attached hydrogens (tertiary/aromatic N) is 1. The fraction of sp³-hybridized carbons (Fsp3) is 0.333. The van der Waals surface area contributed by atoms with E-state index in [4.69, 9.17) is 0 Å². The van der Waals surface area contributed by atoms with Crippen LogP contribution in [0.1, 0.15) is 25.3 Å². The summed E-state index contributed by atoms with van der Waals surface area (Å²) in [4.78, 5) is 2.78. The highest BCUT2D eigenvalue weighted by Crippen LogP contribution is 2.30. The molecule has 0 atom stereocenters. The van der Waals surface area contributed by atoms with Gasteiger partial charge in [0.2, 0.25) is 10.0 Å². The summed E-state index contributed by atoms with van der Waals surface area (Å²) >= 11 is 0. The molecule has 4 rings (SSSR count). The molecule has 1 aliphatic heterocycles. The second-order valence-electron chi connectivity index (χ2n) is 7.82. The fourth-order valence-electron chi connectivity index (χ4n) is 4.11. The normalized spacial score (nSPS) is 15.0. The zero-order valence-electron chi connectivity index (χ0n) is 18.2. The molecule has 174 valence electrons. The molecule has 0 aromatic heterocycles. The summed E-state index contributed by atoms with van der Waals surface area (Å²) in [7, 11) is -3.63. The van der Waals surface area contributed by atoms with Gasteiger partial charge in [-0.1, -0.05) is 61.5 Å². The van der Waals surface area contributed by atoms with Gasteiger partial charge in [-0.25, -0.2) is 13.1 Å². The van der Waals surface area contributed by atoms with Crippen molar-refractivity contribution in [3.05, 3.63) is 72.3 Å². The van der Waals surface area contributed by atoms with Gasteiger partial charge in [-0.3, -0.25) is 0 Å². The van der Waals surface area contributed by atoms with Crippen LogP contribution in [0.5, 0.6) is 0 Å². The lowest BCUT2D eigenvalue weighted by molar-refractivity contribution is 0.229. The van der Waals surface area contributed by atoms with Crippen molar-refractivity contribution in [2.24, 2.45) is 0 Å². The monoisotopic (exact) mass is 495 g/mol. The average Bonchev–Trinajstić information content (AvgIpc) is 2.79. The molecule has 3 aromatic rings. The molecule has 0 aliphatic carbocycles. The van der Waals surface area contributed by atoms with E-state index in [9.17, 15) is 8.42 Å². The molecule has 5 nitrogen and oxygen atoms in total. The van der Waals surface area contributed by atoms with E-state index in [2.05, 4.69) is 21.9 Å². The van der Waals surface area contributed by atoms with Crippen molar-refractivity contribution in [3.8, 4) is 0 Å². The van der Waals surface area contributed by atoms with Gasteiger partial charge in [0, 0.05) is 42.1 Å². The summed E-state index contributed by atoms with van der Waals surface area (Å²) < 4.78 is 28.8. The quantitative estimate of drug-likeness (QED) is 0.480. The SMILES string of the molecule is CCN1CCC(Nc2cccc3c(S(=O)(=O)NCc4ccccc4)cccc23)CC1.Cl.Cl. The van der Waals surface area contributed by atoms with Crippen molar-refractivity contribution in [2.45, 2.75) is 37.2 Å². The van der Waals surface area contributed by atoms with Crippen molar-refractivity contribution in [3.63, 3.8) is 0 Å². The zero-order chi connectivity index (χ0) is 21.0. The molecule has 0 spiro atoms. The second-order valence-corrected chi connectivity index (χ2v) is 9.56. The van der Waals surface area contributed by atoms with Crippen molar-refractivity contribution in [1.82, 2.24) is 9.62 Å². The maximum absolute atomic E-state index is 13.1. The molecule has 0 unspecified atom stereocenters. The number of benzene rings is 3. The maximum Gasteiger partial charge on any atom is 0.241 e. The summed E-state index contributed by atoms with van der Waals surface area (Å²) in [6, 6.07) is 21.3. The number of hydrogen-bond acceptors (Lipinski definition) is 4. The molecule has 2 N–H and O–H groups in total. The molecule has 0 radical (unpaired) electrons. The van der Waals surface area contributed by atoms with Crippen LogP contribution < -0.4 is 10.0 Å². The van der Waals surface area contributed by atoms with Crippen molar-refractivity contribution in [1.29, 1.82) is 0 Å². The minimum Gasteiger partial charge on any atom is -0.382 e. The summed E-state index contributed by atoms with van der Waals surface area (Å²) in [5, 5.41) is 5.35. The largest absolute Gasteiger partial charge is 0.382 e. The van der Waals surface area contributed by atoms with E-state index in [1.807, 2.05) is 60.7 Å². The highest BCUT2D eigenvalue weighted by Gasteiger charge is 2.21. The lowest BCUT2D eigenvalue weighted by atomic mass is 10.0. The molecule has 1 saturated heterocycles. The van der Waals surface area contributed by atoms with Crippen LogP contribution in [-0.2, 0) is 16.6 Å². The van der Waals surface area contributed by atoms with E-state index < -0.39 is 10.0 Å². The predicted octanol–water partition coefficient (Wildman–Crippen LogP) is 5.06. The first-order valence-corrected chi connectivity index (χ1v) is 12.1. The average molecular weight is 497 g/mol. The molecule has 8 heteroatoms. The molecule has 32 heavy (non-hydrogen) atoms. The van der Waals surface area contributed by atoms with E-state index in [-0.39, 0.29) is 31.4 Å². The number of piperidine rings is 1. The van der Waals surface area contributed by atoms with Crippen LogP contribution in [0.25, 0.3) is 10.8 Å². The third kappa shape index (κ3) is 6.15. The Bertz CT molecular complexity index is 1100. The van der Waals surface area contributed by atoms with Gasteiger partial charge in [0.15, 0.2) is 0 Å². The Morgan fingerprint density at radius 1 is 0.875 bits per heavy atom. The summed E-state index contributed by atoms with van der Waals surface area (Å²) in [5.41, 5.74) is 1.93. The number of hydrogen-bond donors (Lipinski definition) is 2. The highest BCUT2D eigenvalue weighted by molar-refractivity contribution is 7.89. The fourth-order valence-corrected chi connectivity index (χ4v) is 5.34. The summed E-state index contributed by atoms with van der Waals surface area (Å²) in [5.74, 6) is 0. The van der Waals surface area contributed by atoms with Crippen LogP contribution in [-0.4, -0.2) is 39.0 Å². The van der Waals surface area contributed by atoms with Crippen LogP contribution in [0.4, 0.5) is 5.69 Å². The lowest BCUT2D eigenvalue weighted by Gasteiger charge is -2.32. The van der Waals surface area contributed by atoms with Gasteiger partial charge in [-0.15, -0.1) is 24.8 Å². The van der Waals surface area contributed by atoms with Crippen molar-refractivity contribution < 1.29 is 8.42 Å². The standard InChI is InChI=1S/C24H29N3O2S.2ClH/c1-2-27-16-14-20(15-17-27)26-23-12-6-11-22-21(23)10-7-13-24(22)30(28,29)25-18-19-8-4-3-5-9-19;;/h3-13,20,25-26H,2,14-18H2,1H3;2*1H. The topological polar surface area (TPSA) is 61.4 Å². The summed E-state index contributed by atoms with van der Waals surface area (Å²) in [6.45, 7) is 5.77. The number of anilines is 1. The molecule has 1 fully saturated rings. The van der Waals surface area contributed by atoms with E-state index in [0.29, 0.717) is 10.9 Å². The van der Waals surface area contributed by atoms with Gasteiger partial charge in [-0.2, -0.15) is 0 Å². The van der Waals surface area contributed by atoms with Crippen molar-refractivity contribution >= 4 is 51.3 Å². The molecule has 1 aliphatic rings. The number of sulfonamides is 1. The van der Waals surface area contributed by atoms with E-state index in [1.165, 1.54) is 0 Å². The molecule has 0 bridgehead atoms. The van der Waals surface area contributed by atoms with Crippen LogP contribution in [0.2, 0.25) is 0 Å². The first-order valence-electron chi connectivity index (χ1n) is 10.6. The number of likely N-dealkylation sites (tertiary alicyclic amines) is 1. The van der Waals surface area contributed by atoms with Gasteiger partial charge >= 0.3 is 0 Å². The number of fused-ring (bicyclic) bond motifs is 1. The lowest BCUT2D eigenvalue weighted by Crippen LogP contribution is -2.38. The van der Waals surface area contributed by atoms with Crippen LogP contribution >= 0.6 is 24.8 Å². The molecule has 0 amide bonds. The number of halogens is 2. The van der Waals surface area contributed by atoms with Crippen LogP contribution in [0.15, 0.2) is 71.6 Å². The molecule has 3 aromatic carbocycles. The van der Waals surface area contributed by atoms with Crippen LogP contribution in [0.3, 0.4) is 0 Å². The Labute approximate surface area is 203 Å². The van der Waals surface area contributed by atoms with Gasteiger partial charge < -0.3 is 10.2 Å². The van der Waals surface area contributed by atoms with Gasteiger partial charge in [0.25, 0.3) is 0 Å². The molecular weight excluding hydrogens is 465 g/mol.